The van der Waals surface area contributed by atoms with Gasteiger partial charge in [0.05, 0.1) is 30.2 Å². The summed E-state index contributed by atoms with van der Waals surface area (Å²) < 4.78 is 61.2. The highest BCUT2D eigenvalue weighted by Crippen LogP contribution is 2.29. The largest absolute Gasteiger partial charge is 0.480 e. The number of aryl methyl sites for hydroxylation is 3. The van der Waals surface area contributed by atoms with Crippen molar-refractivity contribution < 1.29 is 26.7 Å². The van der Waals surface area contributed by atoms with Gasteiger partial charge in [-0.3, -0.25) is 14.2 Å². The van der Waals surface area contributed by atoms with E-state index in [1.807, 2.05) is 0 Å². The van der Waals surface area contributed by atoms with Crippen molar-refractivity contribution >= 4 is 27.3 Å². The first-order valence-electron chi connectivity index (χ1n) is 9.29. The molecule has 0 aliphatic rings. The third-order valence-electron chi connectivity index (χ3n) is 4.59. The molecule has 0 aliphatic heterocycles. The fourth-order valence-electron chi connectivity index (χ4n) is 3.05. The normalized spacial score (nSPS) is 11.5. The van der Waals surface area contributed by atoms with Gasteiger partial charge in [0.1, 0.15) is 5.69 Å². The molecule has 0 saturated carbocycles. The summed E-state index contributed by atoms with van der Waals surface area (Å²) in [5, 5.41) is 5.97. The van der Waals surface area contributed by atoms with Crippen LogP contribution in [0.2, 0.25) is 0 Å². The van der Waals surface area contributed by atoms with Crippen molar-refractivity contribution in [2.45, 2.75) is 25.2 Å². The zero-order chi connectivity index (χ0) is 23.6. The third kappa shape index (κ3) is 4.69. The quantitative estimate of drug-likeness (QED) is 0.552. The molecule has 0 atom stereocenters. The van der Waals surface area contributed by atoms with Crippen LogP contribution in [0.4, 0.5) is 20.2 Å². The monoisotopic (exact) mass is 465 g/mol. The summed E-state index contributed by atoms with van der Waals surface area (Å²) in [4.78, 5) is 16.1. The highest BCUT2D eigenvalue weighted by atomic mass is 32.2. The number of sulfonamides is 1. The van der Waals surface area contributed by atoms with Gasteiger partial charge in [-0.2, -0.15) is 5.10 Å². The van der Waals surface area contributed by atoms with E-state index in [2.05, 4.69) is 20.1 Å². The van der Waals surface area contributed by atoms with Crippen LogP contribution in [0.15, 0.2) is 41.6 Å². The first kappa shape index (κ1) is 23.1. The number of nitrogens with zero attached hydrogens (tertiary/aromatic N) is 3. The van der Waals surface area contributed by atoms with Gasteiger partial charge in [-0.15, -0.1) is 0 Å². The van der Waals surface area contributed by atoms with Crippen molar-refractivity contribution in [3.05, 3.63) is 59.0 Å². The minimum absolute atomic E-state index is 0.0262. The number of pyridine rings is 1. The van der Waals surface area contributed by atoms with Gasteiger partial charge in [-0.25, -0.2) is 22.2 Å². The number of amides is 1. The number of nitrogens with one attached hydrogen (secondary N) is 2. The highest BCUT2D eigenvalue weighted by Gasteiger charge is 2.26. The van der Waals surface area contributed by atoms with Gasteiger partial charge >= 0.3 is 0 Å². The molecular weight excluding hydrogens is 444 g/mol. The van der Waals surface area contributed by atoms with Crippen LogP contribution in [0.3, 0.4) is 0 Å². The Kier molecular flexibility index (Phi) is 6.44. The van der Waals surface area contributed by atoms with Crippen LogP contribution in [-0.2, 0) is 17.1 Å². The van der Waals surface area contributed by atoms with Crippen molar-refractivity contribution in [1.29, 1.82) is 0 Å². The molecule has 2 heterocycles. The molecule has 0 bridgehead atoms. The van der Waals surface area contributed by atoms with E-state index in [9.17, 15) is 22.0 Å². The lowest BCUT2D eigenvalue weighted by molar-refractivity contribution is 0.101. The molecular formula is C20H21F2N5O4S. The van der Waals surface area contributed by atoms with Crippen LogP contribution >= 0.6 is 0 Å². The lowest BCUT2D eigenvalue weighted by Crippen LogP contribution is -2.18. The van der Waals surface area contributed by atoms with E-state index in [1.165, 1.54) is 14.2 Å². The van der Waals surface area contributed by atoms with Gasteiger partial charge in [0.2, 0.25) is 5.88 Å². The van der Waals surface area contributed by atoms with Gasteiger partial charge in [-0.1, -0.05) is 18.2 Å². The van der Waals surface area contributed by atoms with E-state index in [-0.39, 0.29) is 22.0 Å². The van der Waals surface area contributed by atoms with Crippen molar-refractivity contribution in [1.82, 2.24) is 14.8 Å². The topological polar surface area (TPSA) is 115 Å². The average Bonchev–Trinajstić information content (AvgIpc) is 3.13. The molecule has 0 aliphatic carbocycles. The standard InChI is InChI=1S/C20H21F2N5O4S/c1-11-6-5-7-12(2)16(11)26-32(29,30)15-8-13(9-23-20(15)31-4)24-19(28)14-10-27(3)25-17(14)18(21)22/h5-10,18,26H,1-4H3,(H,24,28). The molecule has 3 rings (SSSR count). The number of ether oxygens (including phenoxy) is 1. The van der Waals surface area contributed by atoms with E-state index in [0.717, 1.165) is 23.1 Å². The smallest absolute Gasteiger partial charge is 0.282 e. The third-order valence-corrected chi connectivity index (χ3v) is 5.93. The minimum atomic E-state index is -4.17. The van der Waals surface area contributed by atoms with Crippen molar-refractivity contribution in [2.24, 2.45) is 7.05 Å². The summed E-state index contributed by atoms with van der Waals surface area (Å²) in [6.45, 7) is 3.51. The average molecular weight is 465 g/mol. The van der Waals surface area contributed by atoms with E-state index in [1.54, 1.807) is 32.0 Å². The molecule has 1 aromatic carbocycles. The molecule has 1 amide bonds. The number of hydrogen-bond donors (Lipinski definition) is 2. The molecule has 0 spiro atoms. The summed E-state index contributed by atoms with van der Waals surface area (Å²) in [5.41, 5.74) is 0.775. The minimum Gasteiger partial charge on any atom is -0.480 e. The number of para-hydroxylation sites is 1. The van der Waals surface area contributed by atoms with Crippen molar-refractivity contribution in [3.63, 3.8) is 0 Å². The summed E-state index contributed by atoms with van der Waals surface area (Å²) in [6, 6.07) is 6.45. The summed E-state index contributed by atoms with van der Waals surface area (Å²) >= 11 is 0. The number of rotatable bonds is 7. The fourth-order valence-corrected chi connectivity index (χ4v) is 4.40. The number of aromatic nitrogens is 3. The van der Waals surface area contributed by atoms with Crippen molar-refractivity contribution in [3.8, 4) is 5.88 Å². The van der Waals surface area contributed by atoms with Crippen LogP contribution in [0.25, 0.3) is 0 Å². The van der Waals surface area contributed by atoms with Crippen LogP contribution in [0, 0.1) is 13.8 Å². The maximum atomic E-state index is 13.2. The van der Waals surface area contributed by atoms with Gasteiger partial charge in [0.25, 0.3) is 22.4 Å². The zero-order valence-corrected chi connectivity index (χ0v) is 18.5. The Labute approximate surface area is 183 Å². The molecule has 0 unspecified atom stereocenters. The Hall–Kier alpha value is -3.54. The molecule has 32 heavy (non-hydrogen) atoms. The predicted molar refractivity (Wildman–Crippen MR) is 114 cm³/mol. The van der Waals surface area contributed by atoms with E-state index >= 15 is 0 Å². The molecule has 3 aromatic rings. The SMILES string of the molecule is COc1ncc(NC(=O)c2cn(C)nc2C(F)F)cc1S(=O)(=O)Nc1c(C)cccc1C. The fraction of sp³-hybridized carbons (Fsp3) is 0.250. The van der Waals surface area contributed by atoms with Crippen LogP contribution in [0.5, 0.6) is 5.88 Å². The second kappa shape index (κ2) is 8.91. The Balaban J connectivity index is 1.96. The van der Waals surface area contributed by atoms with E-state index in [4.69, 9.17) is 4.74 Å². The number of methoxy groups -OCH3 is 1. The summed E-state index contributed by atoms with van der Waals surface area (Å²) in [5.74, 6) is -1.08. The molecule has 2 aromatic heterocycles. The molecule has 9 nitrogen and oxygen atoms in total. The zero-order valence-electron chi connectivity index (χ0n) is 17.7. The molecule has 0 radical (unpaired) electrons. The molecule has 12 heteroatoms. The number of alkyl halides is 2. The second-order valence-electron chi connectivity index (χ2n) is 6.96. The second-order valence-corrected chi connectivity index (χ2v) is 8.61. The lowest BCUT2D eigenvalue weighted by Gasteiger charge is -2.15. The van der Waals surface area contributed by atoms with Gasteiger partial charge in [0, 0.05) is 13.2 Å². The first-order chi connectivity index (χ1) is 15.0. The van der Waals surface area contributed by atoms with Crippen molar-refractivity contribution in [2.75, 3.05) is 17.1 Å². The van der Waals surface area contributed by atoms with Crippen LogP contribution in [-0.4, -0.2) is 36.2 Å². The summed E-state index contributed by atoms with van der Waals surface area (Å²) in [6.07, 6.45) is -0.648. The molecule has 170 valence electrons. The molecule has 0 fully saturated rings. The lowest BCUT2D eigenvalue weighted by atomic mass is 10.1. The summed E-state index contributed by atoms with van der Waals surface area (Å²) in [7, 11) is -1.51. The van der Waals surface area contributed by atoms with Crippen LogP contribution in [0.1, 0.15) is 33.6 Å². The maximum Gasteiger partial charge on any atom is 0.282 e. The Morgan fingerprint density at radius 2 is 1.88 bits per heavy atom. The van der Waals surface area contributed by atoms with E-state index in [0.29, 0.717) is 16.8 Å². The van der Waals surface area contributed by atoms with E-state index < -0.39 is 28.0 Å². The molecule has 2 N–H and O–H groups in total. The number of carbonyl (C=O) groups excluding carboxylic acids is 1. The number of benzene rings is 1. The number of anilines is 2. The van der Waals surface area contributed by atoms with Gasteiger partial charge in [0.15, 0.2) is 4.90 Å². The maximum absolute atomic E-state index is 13.2. The Morgan fingerprint density at radius 1 is 1.22 bits per heavy atom. The Bertz CT molecular complexity index is 1250. The predicted octanol–water partition coefficient (Wildman–Crippen LogP) is 3.43. The van der Waals surface area contributed by atoms with Gasteiger partial charge < -0.3 is 10.1 Å². The number of hydrogen-bond acceptors (Lipinski definition) is 6. The van der Waals surface area contributed by atoms with Gasteiger partial charge in [-0.05, 0) is 31.0 Å². The number of halogens is 2. The number of carbonyl (C=O) groups is 1. The Morgan fingerprint density at radius 3 is 2.47 bits per heavy atom. The molecule has 0 saturated heterocycles. The highest BCUT2D eigenvalue weighted by molar-refractivity contribution is 7.92. The van der Waals surface area contributed by atoms with Crippen LogP contribution < -0.4 is 14.8 Å². The first-order valence-corrected chi connectivity index (χ1v) is 10.8.